The minimum atomic E-state index is -1.05. The van der Waals surface area contributed by atoms with Gasteiger partial charge in [-0.2, -0.15) is 0 Å². The molecule has 0 unspecified atom stereocenters. The zero-order chi connectivity index (χ0) is 13.4. The largest absolute Gasteiger partial charge is 0.476 e. The van der Waals surface area contributed by atoms with Gasteiger partial charge in [0.05, 0.1) is 5.69 Å². The molecule has 3 heterocycles. The average Bonchev–Trinajstić information content (AvgIpc) is 2.81. The molecular formula is C13H15N3O3. The molecule has 0 aromatic carbocycles. The van der Waals surface area contributed by atoms with Crippen LogP contribution in [0, 0.1) is 0 Å². The summed E-state index contributed by atoms with van der Waals surface area (Å²) in [6.07, 6.45) is 3.52. The average molecular weight is 261 g/mol. The molecule has 100 valence electrons. The first-order chi connectivity index (χ1) is 9.18. The summed E-state index contributed by atoms with van der Waals surface area (Å²) in [5, 5.41) is 9.26. The van der Waals surface area contributed by atoms with Gasteiger partial charge in [-0.1, -0.05) is 0 Å². The molecule has 2 aromatic heterocycles. The van der Waals surface area contributed by atoms with Gasteiger partial charge in [-0.15, -0.1) is 0 Å². The predicted octanol–water partition coefficient (Wildman–Crippen LogP) is 1.51. The van der Waals surface area contributed by atoms with Crippen molar-refractivity contribution in [2.24, 2.45) is 0 Å². The minimum Gasteiger partial charge on any atom is -0.476 e. The number of carbonyl (C=O) groups is 1. The first kappa shape index (κ1) is 12.0. The number of hydrogen-bond acceptors (Lipinski definition) is 4. The van der Waals surface area contributed by atoms with Gasteiger partial charge in [-0.25, -0.2) is 9.78 Å². The van der Waals surface area contributed by atoms with Gasteiger partial charge in [-0.05, 0) is 25.0 Å². The van der Waals surface area contributed by atoms with Crippen molar-refractivity contribution < 1.29 is 14.6 Å². The second-order valence-corrected chi connectivity index (χ2v) is 4.69. The van der Waals surface area contributed by atoms with Gasteiger partial charge in [0, 0.05) is 25.3 Å². The van der Waals surface area contributed by atoms with Gasteiger partial charge in [0.25, 0.3) is 0 Å². The molecule has 0 spiro atoms. The third kappa shape index (κ3) is 1.94. The van der Waals surface area contributed by atoms with Crippen molar-refractivity contribution >= 4 is 17.2 Å². The Hall–Kier alpha value is -2.08. The second kappa shape index (κ2) is 4.55. The molecule has 3 N–H and O–H groups in total. The number of anilines is 1. The van der Waals surface area contributed by atoms with E-state index in [4.69, 9.17) is 10.5 Å². The summed E-state index contributed by atoms with van der Waals surface area (Å²) in [6, 6.07) is 3.50. The highest BCUT2D eigenvalue weighted by Gasteiger charge is 2.25. The Bertz CT molecular complexity index is 629. The Morgan fingerprint density at radius 2 is 2.21 bits per heavy atom. The molecule has 2 aromatic rings. The van der Waals surface area contributed by atoms with Gasteiger partial charge in [0.2, 0.25) is 0 Å². The Labute approximate surface area is 109 Å². The Balaban J connectivity index is 2.19. The van der Waals surface area contributed by atoms with Crippen molar-refractivity contribution in [2.45, 2.75) is 18.8 Å². The molecule has 1 saturated heterocycles. The molecule has 0 bridgehead atoms. The van der Waals surface area contributed by atoms with Crippen LogP contribution < -0.4 is 5.73 Å². The van der Waals surface area contributed by atoms with Crippen LogP contribution in [0.4, 0.5) is 5.69 Å². The lowest BCUT2D eigenvalue weighted by Gasteiger charge is -2.20. The highest BCUT2D eigenvalue weighted by atomic mass is 16.5. The number of ether oxygens (including phenoxy) is 1. The normalized spacial score (nSPS) is 16.8. The highest BCUT2D eigenvalue weighted by Crippen LogP contribution is 2.29. The number of aromatic carboxylic acids is 1. The summed E-state index contributed by atoms with van der Waals surface area (Å²) in [6.45, 7) is 1.37. The van der Waals surface area contributed by atoms with Crippen molar-refractivity contribution in [2.75, 3.05) is 18.9 Å². The molecule has 3 rings (SSSR count). The number of nitrogens with zero attached hydrogens (tertiary/aromatic N) is 2. The van der Waals surface area contributed by atoms with Gasteiger partial charge in [-0.3, -0.25) is 0 Å². The molecule has 0 saturated carbocycles. The molecule has 0 atom stereocenters. The van der Waals surface area contributed by atoms with E-state index in [0.717, 1.165) is 18.7 Å². The van der Waals surface area contributed by atoms with E-state index in [9.17, 15) is 9.90 Å². The minimum absolute atomic E-state index is 0.0274. The monoisotopic (exact) mass is 261 g/mol. The zero-order valence-corrected chi connectivity index (χ0v) is 10.4. The Morgan fingerprint density at radius 3 is 2.89 bits per heavy atom. The van der Waals surface area contributed by atoms with E-state index < -0.39 is 5.97 Å². The second-order valence-electron chi connectivity index (χ2n) is 4.69. The number of aromatic nitrogens is 2. The number of rotatable bonds is 2. The molecule has 0 amide bonds. The number of hydrogen-bond donors (Lipinski definition) is 2. The van der Waals surface area contributed by atoms with Gasteiger partial charge >= 0.3 is 5.97 Å². The first-order valence-electron chi connectivity index (χ1n) is 6.26. The summed E-state index contributed by atoms with van der Waals surface area (Å²) in [7, 11) is 0. The molecule has 0 aliphatic carbocycles. The van der Waals surface area contributed by atoms with Crippen molar-refractivity contribution in [3.8, 4) is 0 Å². The molecule has 1 aliphatic rings. The number of nitrogens with two attached hydrogens (primary N) is 1. The van der Waals surface area contributed by atoms with Crippen LogP contribution >= 0.6 is 0 Å². The lowest BCUT2D eigenvalue weighted by atomic mass is 9.99. The van der Waals surface area contributed by atoms with Crippen LogP contribution in [0.3, 0.4) is 0 Å². The number of carboxylic acids is 1. The number of nitrogen functional groups attached to an aromatic ring is 1. The van der Waals surface area contributed by atoms with Gasteiger partial charge in [0.1, 0.15) is 11.3 Å². The lowest BCUT2D eigenvalue weighted by Crippen LogP contribution is -2.16. The topological polar surface area (TPSA) is 89.9 Å². The molecule has 1 aliphatic heterocycles. The molecule has 6 heteroatoms. The third-order valence-corrected chi connectivity index (χ3v) is 3.51. The van der Waals surface area contributed by atoms with Crippen molar-refractivity contribution in [1.29, 1.82) is 0 Å². The van der Waals surface area contributed by atoms with Crippen LogP contribution in [-0.4, -0.2) is 33.7 Å². The number of fused-ring (bicyclic) bond motifs is 1. The van der Waals surface area contributed by atoms with E-state index in [1.54, 1.807) is 16.5 Å². The summed E-state index contributed by atoms with van der Waals surface area (Å²) in [5.41, 5.74) is 6.83. The van der Waals surface area contributed by atoms with E-state index >= 15 is 0 Å². The van der Waals surface area contributed by atoms with E-state index in [-0.39, 0.29) is 11.6 Å². The molecular weight excluding hydrogens is 246 g/mol. The van der Waals surface area contributed by atoms with E-state index in [0.29, 0.717) is 24.4 Å². The van der Waals surface area contributed by atoms with Gasteiger partial charge < -0.3 is 20.0 Å². The van der Waals surface area contributed by atoms with Crippen LogP contribution in [0.15, 0.2) is 18.3 Å². The Kier molecular flexibility index (Phi) is 2.87. The van der Waals surface area contributed by atoms with Crippen molar-refractivity contribution in [3.05, 3.63) is 29.8 Å². The molecule has 1 fully saturated rings. The predicted molar refractivity (Wildman–Crippen MR) is 69.4 cm³/mol. The van der Waals surface area contributed by atoms with Crippen LogP contribution in [0.5, 0.6) is 0 Å². The Morgan fingerprint density at radius 1 is 1.47 bits per heavy atom. The summed E-state index contributed by atoms with van der Waals surface area (Å²) in [4.78, 5) is 15.6. The fourth-order valence-corrected chi connectivity index (χ4v) is 2.58. The number of pyridine rings is 1. The maximum atomic E-state index is 11.3. The van der Waals surface area contributed by atoms with Crippen molar-refractivity contribution in [3.63, 3.8) is 0 Å². The highest BCUT2D eigenvalue weighted by molar-refractivity contribution is 5.97. The van der Waals surface area contributed by atoms with E-state index in [1.807, 2.05) is 6.20 Å². The third-order valence-electron chi connectivity index (χ3n) is 3.51. The SMILES string of the molecule is Nc1cccn2c(C3CCOCC3)nc(C(=O)O)c12. The maximum Gasteiger partial charge on any atom is 0.356 e. The molecule has 19 heavy (non-hydrogen) atoms. The number of carboxylic acid groups (broad SMARTS) is 1. The maximum absolute atomic E-state index is 11.3. The van der Waals surface area contributed by atoms with Crippen LogP contribution in [-0.2, 0) is 4.74 Å². The summed E-state index contributed by atoms with van der Waals surface area (Å²) < 4.78 is 7.13. The summed E-state index contributed by atoms with van der Waals surface area (Å²) >= 11 is 0. The summed E-state index contributed by atoms with van der Waals surface area (Å²) in [5.74, 6) is -0.0622. The standard InChI is InChI=1S/C13H15N3O3/c14-9-2-1-5-16-11(9)10(13(17)18)15-12(16)8-3-6-19-7-4-8/h1-2,5,8H,3-4,6-7,14H2,(H,17,18). The smallest absolute Gasteiger partial charge is 0.356 e. The van der Waals surface area contributed by atoms with Crippen molar-refractivity contribution in [1.82, 2.24) is 9.38 Å². The zero-order valence-electron chi connectivity index (χ0n) is 10.4. The fraction of sp³-hybridized carbons (Fsp3) is 0.385. The van der Waals surface area contributed by atoms with Crippen LogP contribution in [0.25, 0.3) is 5.52 Å². The van der Waals surface area contributed by atoms with Gasteiger partial charge in [0.15, 0.2) is 5.69 Å². The quantitative estimate of drug-likeness (QED) is 0.855. The van der Waals surface area contributed by atoms with E-state index in [2.05, 4.69) is 4.98 Å². The molecule has 0 radical (unpaired) electrons. The van der Waals surface area contributed by atoms with Crippen LogP contribution in [0.1, 0.15) is 35.1 Å². The first-order valence-corrected chi connectivity index (χ1v) is 6.26. The number of imidazole rings is 1. The molecule has 6 nitrogen and oxygen atoms in total. The lowest BCUT2D eigenvalue weighted by molar-refractivity contribution is 0.0692. The van der Waals surface area contributed by atoms with Crippen LogP contribution in [0.2, 0.25) is 0 Å². The van der Waals surface area contributed by atoms with E-state index in [1.165, 1.54) is 0 Å². The fourth-order valence-electron chi connectivity index (χ4n) is 2.58.